The van der Waals surface area contributed by atoms with Gasteiger partial charge in [0.05, 0.1) is 17.1 Å². The molecule has 3 heterocycles. The third kappa shape index (κ3) is 1.63. The molecule has 3 nitrogen and oxygen atoms in total. The SMILES string of the molecule is C1=C/C(=C/c2ccc(-c3ccc[nH]3)[nH]2)N=C1. The van der Waals surface area contributed by atoms with Crippen molar-refractivity contribution in [2.24, 2.45) is 4.99 Å². The van der Waals surface area contributed by atoms with E-state index in [0.29, 0.717) is 0 Å². The number of nitrogens with one attached hydrogen (secondary N) is 2. The maximum absolute atomic E-state index is 4.20. The Bertz CT molecular complexity index is 554. The predicted molar refractivity (Wildman–Crippen MR) is 66.2 cm³/mol. The molecular formula is C13H11N3. The molecule has 0 aromatic carbocycles. The summed E-state index contributed by atoms with van der Waals surface area (Å²) in [7, 11) is 0. The first-order valence-electron chi connectivity index (χ1n) is 5.17. The second-order valence-electron chi connectivity index (χ2n) is 3.62. The summed E-state index contributed by atoms with van der Waals surface area (Å²) < 4.78 is 0. The van der Waals surface area contributed by atoms with Crippen molar-refractivity contribution < 1.29 is 0 Å². The summed E-state index contributed by atoms with van der Waals surface area (Å²) in [5.74, 6) is 0. The lowest BCUT2D eigenvalue weighted by Gasteiger charge is -1.92. The van der Waals surface area contributed by atoms with Gasteiger partial charge in [-0.1, -0.05) is 0 Å². The van der Waals surface area contributed by atoms with Gasteiger partial charge < -0.3 is 9.97 Å². The van der Waals surface area contributed by atoms with E-state index in [-0.39, 0.29) is 0 Å². The fraction of sp³-hybridized carbons (Fsp3) is 0. The number of aromatic nitrogens is 2. The number of hydrogen-bond acceptors (Lipinski definition) is 1. The molecular weight excluding hydrogens is 198 g/mol. The Morgan fingerprint density at radius 3 is 2.88 bits per heavy atom. The summed E-state index contributed by atoms with van der Waals surface area (Å²) in [6, 6.07) is 8.13. The molecule has 0 saturated carbocycles. The lowest BCUT2D eigenvalue weighted by Crippen LogP contribution is -1.77. The predicted octanol–water partition coefficient (Wildman–Crippen LogP) is 2.99. The molecule has 1 aliphatic heterocycles. The van der Waals surface area contributed by atoms with E-state index >= 15 is 0 Å². The van der Waals surface area contributed by atoms with Gasteiger partial charge in [0.25, 0.3) is 0 Å². The zero-order chi connectivity index (χ0) is 10.8. The van der Waals surface area contributed by atoms with Gasteiger partial charge in [-0.2, -0.15) is 0 Å². The third-order valence-corrected chi connectivity index (χ3v) is 2.48. The molecule has 0 atom stereocenters. The normalized spacial score (nSPS) is 16.4. The molecule has 0 radical (unpaired) electrons. The van der Waals surface area contributed by atoms with Gasteiger partial charge >= 0.3 is 0 Å². The Hall–Kier alpha value is -2.29. The molecule has 3 heteroatoms. The minimum Gasteiger partial charge on any atom is -0.360 e. The van der Waals surface area contributed by atoms with Crippen LogP contribution in [0, 0.1) is 0 Å². The van der Waals surface area contributed by atoms with Crippen molar-refractivity contribution in [1.82, 2.24) is 9.97 Å². The molecule has 0 bridgehead atoms. The third-order valence-electron chi connectivity index (χ3n) is 2.48. The Morgan fingerprint density at radius 1 is 1.12 bits per heavy atom. The smallest absolute Gasteiger partial charge is 0.0650 e. The molecule has 3 rings (SSSR count). The maximum Gasteiger partial charge on any atom is 0.0650 e. The number of aromatic amines is 2. The van der Waals surface area contributed by atoms with Crippen LogP contribution >= 0.6 is 0 Å². The first-order chi connectivity index (χ1) is 7.92. The van der Waals surface area contributed by atoms with Crippen molar-refractivity contribution in [1.29, 1.82) is 0 Å². The van der Waals surface area contributed by atoms with Gasteiger partial charge in [-0.25, -0.2) is 0 Å². The largest absolute Gasteiger partial charge is 0.360 e. The van der Waals surface area contributed by atoms with Crippen LogP contribution in [0.4, 0.5) is 0 Å². The monoisotopic (exact) mass is 209 g/mol. The summed E-state index contributed by atoms with van der Waals surface area (Å²) in [6.07, 6.45) is 9.64. The number of hydrogen-bond donors (Lipinski definition) is 2. The lowest BCUT2D eigenvalue weighted by atomic mass is 10.3. The average Bonchev–Trinajstić information content (AvgIpc) is 2.99. The van der Waals surface area contributed by atoms with E-state index in [1.807, 2.05) is 42.6 Å². The van der Waals surface area contributed by atoms with E-state index in [4.69, 9.17) is 0 Å². The lowest BCUT2D eigenvalue weighted by molar-refractivity contribution is 1.31. The van der Waals surface area contributed by atoms with Crippen molar-refractivity contribution in [3.05, 3.63) is 54.0 Å². The molecule has 2 aromatic heterocycles. The van der Waals surface area contributed by atoms with Crippen LogP contribution in [-0.4, -0.2) is 16.2 Å². The highest BCUT2D eigenvalue weighted by molar-refractivity contribution is 5.79. The molecule has 2 aromatic rings. The molecule has 0 aliphatic carbocycles. The van der Waals surface area contributed by atoms with E-state index in [2.05, 4.69) is 21.0 Å². The highest BCUT2D eigenvalue weighted by Crippen LogP contribution is 2.18. The summed E-state index contributed by atoms with van der Waals surface area (Å²) in [5.41, 5.74) is 4.21. The van der Waals surface area contributed by atoms with Crippen LogP contribution in [0.15, 0.2) is 53.3 Å². The molecule has 1 aliphatic rings. The Kier molecular flexibility index (Phi) is 2.07. The number of nitrogens with zero attached hydrogens (tertiary/aromatic N) is 1. The van der Waals surface area contributed by atoms with E-state index in [1.165, 1.54) is 0 Å². The first-order valence-corrected chi connectivity index (χ1v) is 5.17. The van der Waals surface area contributed by atoms with Crippen molar-refractivity contribution in [2.75, 3.05) is 0 Å². The molecule has 16 heavy (non-hydrogen) atoms. The Morgan fingerprint density at radius 2 is 2.12 bits per heavy atom. The van der Waals surface area contributed by atoms with Gasteiger partial charge in [0.1, 0.15) is 0 Å². The van der Waals surface area contributed by atoms with Crippen molar-refractivity contribution >= 4 is 12.3 Å². The Balaban J connectivity index is 1.91. The van der Waals surface area contributed by atoms with Crippen molar-refractivity contribution in [2.45, 2.75) is 0 Å². The molecule has 0 unspecified atom stereocenters. The summed E-state index contributed by atoms with van der Waals surface area (Å²) >= 11 is 0. The second kappa shape index (κ2) is 3.70. The van der Waals surface area contributed by atoms with Crippen LogP contribution < -0.4 is 0 Å². The van der Waals surface area contributed by atoms with Crippen LogP contribution in [0.25, 0.3) is 17.5 Å². The molecule has 0 spiro atoms. The molecule has 0 amide bonds. The quantitative estimate of drug-likeness (QED) is 0.763. The second-order valence-corrected chi connectivity index (χ2v) is 3.62. The van der Waals surface area contributed by atoms with Crippen LogP contribution in [0.1, 0.15) is 5.69 Å². The van der Waals surface area contributed by atoms with Crippen LogP contribution in [0.5, 0.6) is 0 Å². The summed E-state index contributed by atoms with van der Waals surface area (Å²) in [5, 5.41) is 0. The van der Waals surface area contributed by atoms with Crippen LogP contribution in [-0.2, 0) is 0 Å². The summed E-state index contributed by atoms with van der Waals surface area (Å²) in [4.78, 5) is 10.7. The van der Waals surface area contributed by atoms with Gasteiger partial charge in [-0.3, -0.25) is 4.99 Å². The standard InChI is InChI=1S/C13H11N3/c1-3-10(14-7-1)9-11-5-6-13(16-11)12-4-2-8-15-12/h1-9,15-16H/b10-9-. The maximum atomic E-state index is 4.20. The molecule has 0 saturated heterocycles. The minimum atomic E-state index is 0.972. The van der Waals surface area contributed by atoms with Gasteiger partial charge in [0.2, 0.25) is 0 Å². The van der Waals surface area contributed by atoms with E-state index < -0.39 is 0 Å². The highest BCUT2D eigenvalue weighted by Gasteiger charge is 2.01. The number of allylic oxidation sites excluding steroid dienone is 2. The van der Waals surface area contributed by atoms with Gasteiger partial charge in [0, 0.05) is 18.1 Å². The summed E-state index contributed by atoms with van der Waals surface area (Å²) in [6.45, 7) is 0. The fourth-order valence-corrected chi connectivity index (χ4v) is 1.71. The van der Waals surface area contributed by atoms with Gasteiger partial charge in [0.15, 0.2) is 0 Å². The van der Waals surface area contributed by atoms with E-state index in [9.17, 15) is 0 Å². The topological polar surface area (TPSA) is 43.9 Å². The van der Waals surface area contributed by atoms with Crippen LogP contribution in [0.2, 0.25) is 0 Å². The highest BCUT2D eigenvalue weighted by atomic mass is 14.8. The molecule has 2 N–H and O–H groups in total. The van der Waals surface area contributed by atoms with E-state index in [0.717, 1.165) is 22.8 Å². The van der Waals surface area contributed by atoms with E-state index in [1.54, 1.807) is 6.21 Å². The number of aliphatic imine (C=N–C) groups is 1. The Labute approximate surface area is 93.2 Å². The van der Waals surface area contributed by atoms with Gasteiger partial charge in [-0.05, 0) is 42.5 Å². The zero-order valence-corrected chi connectivity index (χ0v) is 8.64. The average molecular weight is 209 g/mol. The van der Waals surface area contributed by atoms with Crippen molar-refractivity contribution in [3.63, 3.8) is 0 Å². The number of rotatable bonds is 2. The molecule has 78 valence electrons. The van der Waals surface area contributed by atoms with Crippen LogP contribution in [0.3, 0.4) is 0 Å². The fourth-order valence-electron chi connectivity index (χ4n) is 1.71. The number of H-pyrrole nitrogens is 2. The first kappa shape index (κ1) is 8.97. The molecule has 0 fully saturated rings. The van der Waals surface area contributed by atoms with Gasteiger partial charge in [-0.15, -0.1) is 0 Å². The van der Waals surface area contributed by atoms with Crippen molar-refractivity contribution in [3.8, 4) is 11.4 Å². The zero-order valence-electron chi connectivity index (χ0n) is 8.64. The minimum absolute atomic E-state index is 0.972.